The molecule has 0 bridgehead atoms. The molecule has 5 nitrogen and oxygen atoms in total. The van der Waals surface area contributed by atoms with E-state index in [9.17, 15) is 18.0 Å². The van der Waals surface area contributed by atoms with Gasteiger partial charge in [0.25, 0.3) is 5.91 Å². The van der Waals surface area contributed by atoms with Crippen molar-refractivity contribution in [2.75, 3.05) is 11.4 Å². The maximum atomic E-state index is 12.2. The summed E-state index contributed by atoms with van der Waals surface area (Å²) in [7, 11) is 0. The Labute approximate surface area is 135 Å². The number of hydrogen-bond acceptors (Lipinski definition) is 3. The van der Waals surface area contributed by atoms with Crippen molar-refractivity contribution in [3.05, 3.63) is 48.0 Å². The van der Waals surface area contributed by atoms with Crippen LogP contribution in [0.4, 0.5) is 18.9 Å². The molecule has 0 atom stereocenters. The second kappa shape index (κ2) is 6.82. The van der Waals surface area contributed by atoms with Crippen LogP contribution in [0.2, 0.25) is 5.15 Å². The normalized spacial score (nSPS) is 11.9. The molecule has 0 unspecified atom stereocenters. The van der Waals surface area contributed by atoms with Gasteiger partial charge in [0, 0.05) is 24.9 Å². The second-order valence-corrected chi connectivity index (χ2v) is 4.78. The van der Waals surface area contributed by atoms with Gasteiger partial charge < -0.3 is 4.90 Å². The minimum atomic E-state index is -4.56. The molecule has 0 saturated heterocycles. The van der Waals surface area contributed by atoms with Crippen LogP contribution < -0.4 is 4.90 Å². The van der Waals surface area contributed by atoms with Gasteiger partial charge in [0.2, 0.25) is 0 Å². The number of anilines is 1. The Morgan fingerprint density at radius 2 is 2.22 bits per heavy atom. The molecule has 0 aliphatic carbocycles. The molecule has 2 aromatic rings. The summed E-state index contributed by atoms with van der Waals surface area (Å²) >= 11 is 6.01. The van der Waals surface area contributed by atoms with Gasteiger partial charge in [0.1, 0.15) is 5.69 Å². The van der Waals surface area contributed by atoms with Crippen LogP contribution in [0.1, 0.15) is 6.92 Å². The Bertz CT molecular complexity index is 713. The zero-order valence-electron chi connectivity index (χ0n) is 12.0. The molecule has 2 heterocycles. The highest BCUT2D eigenvalue weighted by Gasteiger charge is 2.24. The van der Waals surface area contributed by atoms with Gasteiger partial charge in [0.05, 0.1) is 18.1 Å². The van der Waals surface area contributed by atoms with Crippen molar-refractivity contribution in [1.29, 1.82) is 0 Å². The molecule has 122 valence electrons. The second-order valence-electron chi connectivity index (χ2n) is 4.42. The molecule has 0 spiro atoms. The number of nitrogens with zero attached hydrogens (tertiary/aromatic N) is 4. The van der Waals surface area contributed by atoms with Gasteiger partial charge >= 0.3 is 6.18 Å². The van der Waals surface area contributed by atoms with E-state index in [1.54, 1.807) is 25.3 Å². The summed E-state index contributed by atoms with van der Waals surface area (Å²) in [4.78, 5) is 17.0. The van der Waals surface area contributed by atoms with Crippen LogP contribution in [0.5, 0.6) is 0 Å². The molecule has 2 rings (SSSR count). The molecule has 0 N–H and O–H groups in total. The number of amides is 1. The third kappa shape index (κ3) is 4.32. The average molecular weight is 345 g/mol. The zero-order chi connectivity index (χ0) is 17.0. The number of likely N-dealkylation sites (N-methyl/N-ethyl adjacent to an activating group) is 1. The van der Waals surface area contributed by atoms with Gasteiger partial charge in [-0.1, -0.05) is 11.6 Å². The van der Waals surface area contributed by atoms with Crippen molar-refractivity contribution in [3.8, 4) is 5.69 Å². The quantitative estimate of drug-likeness (QED) is 0.799. The number of rotatable bonds is 4. The summed E-state index contributed by atoms with van der Waals surface area (Å²) < 4.78 is 37.9. The molecule has 23 heavy (non-hydrogen) atoms. The molecule has 0 aromatic carbocycles. The highest BCUT2D eigenvalue weighted by Crippen LogP contribution is 2.26. The van der Waals surface area contributed by atoms with Crippen LogP contribution in [0, 0.1) is 0 Å². The van der Waals surface area contributed by atoms with Crippen molar-refractivity contribution < 1.29 is 18.0 Å². The van der Waals surface area contributed by atoms with Gasteiger partial charge in [-0.15, -0.1) is 0 Å². The van der Waals surface area contributed by atoms with E-state index < -0.39 is 12.1 Å². The minimum absolute atomic E-state index is 0.00413. The summed E-state index contributed by atoms with van der Waals surface area (Å²) in [6, 6.07) is 3.42. The van der Waals surface area contributed by atoms with E-state index in [4.69, 9.17) is 11.6 Å². The Kier molecular flexibility index (Phi) is 5.05. The molecule has 1 amide bonds. The molecular weight excluding hydrogens is 333 g/mol. The monoisotopic (exact) mass is 344 g/mol. The summed E-state index contributed by atoms with van der Waals surface area (Å²) in [5.41, 5.74) is 0.824. The first-order valence-electron chi connectivity index (χ1n) is 6.55. The van der Waals surface area contributed by atoms with E-state index in [2.05, 4.69) is 10.1 Å². The van der Waals surface area contributed by atoms with Gasteiger partial charge in [-0.2, -0.15) is 18.3 Å². The first-order chi connectivity index (χ1) is 10.8. The lowest BCUT2D eigenvalue weighted by atomic mass is 10.3. The summed E-state index contributed by atoms with van der Waals surface area (Å²) in [5, 5.41) is 4.05. The molecule has 0 saturated carbocycles. The lowest BCUT2D eigenvalue weighted by molar-refractivity contribution is -0.115. The Hall–Kier alpha value is -2.35. The third-order valence-electron chi connectivity index (χ3n) is 2.85. The number of alkyl halides is 3. The lowest BCUT2D eigenvalue weighted by Crippen LogP contribution is -2.29. The predicted octanol–water partition coefficient (Wildman–Crippen LogP) is 3.39. The van der Waals surface area contributed by atoms with E-state index in [0.29, 0.717) is 11.8 Å². The number of pyridine rings is 1. The van der Waals surface area contributed by atoms with E-state index >= 15 is 0 Å². The van der Waals surface area contributed by atoms with Crippen LogP contribution in [0.3, 0.4) is 0 Å². The highest BCUT2D eigenvalue weighted by atomic mass is 35.5. The van der Waals surface area contributed by atoms with E-state index in [1.807, 2.05) is 0 Å². The van der Waals surface area contributed by atoms with Crippen LogP contribution in [-0.2, 0) is 4.79 Å². The Balaban J connectivity index is 2.30. The maximum absolute atomic E-state index is 12.2. The van der Waals surface area contributed by atoms with Crippen LogP contribution in [0.25, 0.3) is 5.69 Å². The number of carbonyl (C=O) groups excluding carboxylic acids is 1. The third-order valence-corrected chi connectivity index (χ3v) is 3.12. The predicted molar refractivity (Wildman–Crippen MR) is 79.6 cm³/mol. The average Bonchev–Trinajstić information content (AvgIpc) is 2.88. The Morgan fingerprint density at radius 3 is 2.78 bits per heavy atom. The van der Waals surface area contributed by atoms with Crippen molar-refractivity contribution in [2.24, 2.45) is 0 Å². The SMILES string of the molecule is CCN(C(=O)/C=C/C(F)(F)F)c1cn(-c2cccnc2)nc1Cl. The fourth-order valence-corrected chi connectivity index (χ4v) is 2.08. The molecular formula is C14H12ClF3N4O. The maximum Gasteiger partial charge on any atom is 0.409 e. The van der Waals surface area contributed by atoms with Crippen LogP contribution in [-0.4, -0.2) is 33.4 Å². The van der Waals surface area contributed by atoms with Crippen LogP contribution >= 0.6 is 11.6 Å². The van der Waals surface area contributed by atoms with Gasteiger partial charge in [0.15, 0.2) is 5.15 Å². The summed E-state index contributed by atoms with van der Waals surface area (Å²) in [6.07, 6.45) is 0.369. The summed E-state index contributed by atoms with van der Waals surface area (Å²) in [6.45, 7) is 1.76. The topological polar surface area (TPSA) is 51.0 Å². The molecule has 9 heteroatoms. The fourth-order valence-electron chi connectivity index (χ4n) is 1.85. The first kappa shape index (κ1) is 17.0. The van der Waals surface area contributed by atoms with Crippen molar-refractivity contribution in [2.45, 2.75) is 13.1 Å². The lowest BCUT2D eigenvalue weighted by Gasteiger charge is -2.17. The minimum Gasteiger partial charge on any atom is -0.305 e. The number of halogens is 4. The van der Waals surface area contributed by atoms with E-state index in [1.165, 1.54) is 17.1 Å². The Morgan fingerprint density at radius 1 is 1.48 bits per heavy atom. The molecule has 0 fully saturated rings. The van der Waals surface area contributed by atoms with Crippen molar-refractivity contribution in [1.82, 2.24) is 14.8 Å². The van der Waals surface area contributed by atoms with Gasteiger partial charge in [-0.05, 0) is 19.1 Å². The largest absolute Gasteiger partial charge is 0.409 e. The first-order valence-corrected chi connectivity index (χ1v) is 6.92. The van der Waals surface area contributed by atoms with Crippen molar-refractivity contribution in [3.63, 3.8) is 0 Å². The summed E-state index contributed by atoms with van der Waals surface area (Å²) in [5.74, 6) is -0.836. The molecule has 0 radical (unpaired) electrons. The highest BCUT2D eigenvalue weighted by molar-refractivity contribution is 6.32. The number of hydrogen-bond donors (Lipinski definition) is 0. The number of allylic oxidation sites excluding steroid dienone is 1. The molecule has 0 aliphatic rings. The molecule has 0 aliphatic heterocycles. The van der Waals surface area contributed by atoms with Gasteiger partial charge in [-0.3, -0.25) is 9.78 Å². The number of aromatic nitrogens is 3. The smallest absolute Gasteiger partial charge is 0.305 e. The van der Waals surface area contributed by atoms with Crippen molar-refractivity contribution >= 4 is 23.2 Å². The van der Waals surface area contributed by atoms with Gasteiger partial charge in [-0.25, -0.2) is 4.68 Å². The molecule has 2 aromatic heterocycles. The van der Waals surface area contributed by atoms with Crippen LogP contribution in [0.15, 0.2) is 42.9 Å². The number of carbonyl (C=O) groups is 1. The fraction of sp³-hybridized carbons (Fsp3) is 0.214. The van der Waals surface area contributed by atoms with E-state index in [-0.39, 0.29) is 23.5 Å². The zero-order valence-corrected chi connectivity index (χ0v) is 12.7. The standard InChI is InChI=1S/C14H12ClF3N4O/c1-2-21(12(23)5-6-14(16,17)18)11-9-22(20-13(11)15)10-4-3-7-19-8-10/h3-9H,2H2,1H3/b6-5+. The van der Waals surface area contributed by atoms with E-state index in [0.717, 1.165) is 4.90 Å².